The molecule has 2 rings (SSSR count). The molecule has 2 aromatic rings. The lowest BCUT2D eigenvalue weighted by Crippen LogP contribution is -1.82. The Morgan fingerprint density at radius 1 is 1.00 bits per heavy atom. The van der Waals surface area contributed by atoms with Gasteiger partial charge in [-0.25, -0.2) is 0 Å². The van der Waals surface area contributed by atoms with Gasteiger partial charge < -0.3 is 0 Å². The molecular weight excluding hydrogens is 265 g/mol. The van der Waals surface area contributed by atoms with Crippen LogP contribution < -0.4 is 0 Å². The quantitative estimate of drug-likeness (QED) is 0.554. The van der Waals surface area contributed by atoms with Crippen molar-refractivity contribution in [3.05, 3.63) is 69.7 Å². The molecule has 18 heavy (non-hydrogen) atoms. The second kappa shape index (κ2) is 5.73. The van der Waals surface area contributed by atoms with Crippen LogP contribution >= 0.6 is 23.2 Å². The smallest absolute Gasteiger partial charge is 0.0998 e. The number of nitrogens with zero attached hydrogens (tertiary/aromatic N) is 1. The fourth-order valence-electron chi connectivity index (χ4n) is 1.56. The van der Waals surface area contributed by atoms with Gasteiger partial charge in [0.15, 0.2) is 0 Å². The zero-order valence-corrected chi connectivity index (χ0v) is 10.9. The topological polar surface area (TPSA) is 23.8 Å². The lowest BCUT2D eigenvalue weighted by molar-refractivity contribution is 1.52. The summed E-state index contributed by atoms with van der Waals surface area (Å²) in [5, 5.41) is 10.5. The molecule has 0 spiro atoms. The summed E-state index contributed by atoms with van der Waals surface area (Å²) in [4.78, 5) is 0. The fourth-order valence-corrected chi connectivity index (χ4v) is 1.88. The summed E-state index contributed by atoms with van der Waals surface area (Å²) in [7, 11) is 0. The van der Waals surface area contributed by atoms with Crippen molar-refractivity contribution in [3.63, 3.8) is 0 Å². The summed E-state index contributed by atoms with van der Waals surface area (Å²) >= 11 is 11.7. The van der Waals surface area contributed by atoms with Gasteiger partial charge in [-0.2, -0.15) is 5.26 Å². The summed E-state index contributed by atoms with van der Waals surface area (Å²) in [6.07, 6.45) is 1.81. The van der Waals surface area contributed by atoms with Crippen LogP contribution in [0, 0.1) is 11.3 Å². The zero-order valence-electron chi connectivity index (χ0n) is 9.40. The maximum absolute atomic E-state index is 9.20. The largest absolute Gasteiger partial charge is 0.192 e. The van der Waals surface area contributed by atoms with E-state index in [1.807, 2.05) is 30.3 Å². The van der Waals surface area contributed by atoms with E-state index in [4.69, 9.17) is 23.2 Å². The Hall–Kier alpha value is -1.75. The van der Waals surface area contributed by atoms with E-state index in [0.717, 1.165) is 11.1 Å². The second-order valence-electron chi connectivity index (χ2n) is 3.73. The first-order chi connectivity index (χ1) is 8.69. The minimum Gasteiger partial charge on any atom is -0.192 e. The van der Waals surface area contributed by atoms with Crippen molar-refractivity contribution >= 4 is 34.9 Å². The molecule has 0 aliphatic heterocycles. The minimum atomic E-state index is 0.569. The average Bonchev–Trinajstić information content (AvgIpc) is 2.38. The number of hydrogen-bond donors (Lipinski definition) is 0. The summed E-state index contributed by atoms with van der Waals surface area (Å²) in [6, 6.07) is 16.7. The first-order valence-electron chi connectivity index (χ1n) is 5.32. The van der Waals surface area contributed by atoms with E-state index in [-0.39, 0.29) is 0 Å². The Morgan fingerprint density at radius 2 is 1.72 bits per heavy atom. The number of benzene rings is 2. The second-order valence-corrected chi connectivity index (χ2v) is 4.60. The average molecular weight is 274 g/mol. The molecule has 0 aromatic heterocycles. The van der Waals surface area contributed by atoms with Gasteiger partial charge in [0.05, 0.1) is 11.6 Å². The zero-order chi connectivity index (χ0) is 13.0. The number of allylic oxidation sites excluding steroid dienone is 1. The molecule has 0 aliphatic carbocycles. The molecule has 0 saturated carbocycles. The van der Waals surface area contributed by atoms with Crippen LogP contribution in [0.1, 0.15) is 11.1 Å². The summed E-state index contributed by atoms with van der Waals surface area (Å²) < 4.78 is 0. The van der Waals surface area contributed by atoms with Crippen LogP contribution in [-0.4, -0.2) is 0 Å². The van der Waals surface area contributed by atoms with Crippen LogP contribution in [0.2, 0.25) is 10.0 Å². The predicted octanol–water partition coefficient (Wildman–Crippen LogP) is 5.06. The van der Waals surface area contributed by atoms with Crippen molar-refractivity contribution < 1.29 is 0 Å². The molecule has 88 valence electrons. The van der Waals surface area contributed by atoms with E-state index in [9.17, 15) is 5.26 Å². The third-order valence-corrected chi connectivity index (χ3v) is 2.92. The van der Waals surface area contributed by atoms with Gasteiger partial charge in [0.1, 0.15) is 0 Å². The maximum Gasteiger partial charge on any atom is 0.0998 e. The molecule has 0 aliphatic rings. The number of nitriles is 1. The highest BCUT2D eigenvalue weighted by Gasteiger charge is 2.01. The molecule has 0 N–H and O–H groups in total. The standard InChI is InChI=1S/C15H9Cl2N/c16-14-6-4-11(5-7-14)8-13(10-18)12-2-1-3-15(17)9-12/h1-9H/b13-8-. The van der Waals surface area contributed by atoms with Gasteiger partial charge in [-0.15, -0.1) is 0 Å². The minimum absolute atomic E-state index is 0.569. The molecule has 3 heteroatoms. The molecule has 0 unspecified atom stereocenters. The Bertz CT molecular complexity index is 622. The van der Waals surface area contributed by atoms with Gasteiger partial charge in [-0.05, 0) is 41.5 Å². The first-order valence-corrected chi connectivity index (χ1v) is 6.08. The van der Waals surface area contributed by atoms with Crippen LogP contribution in [0.4, 0.5) is 0 Å². The highest BCUT2D eigenvalue weighted by molar-refractivity contribution is 6.31. The van der Waals surface area contributed by atoms with E-state index >= 15 is 0 Å². The van der Waals surface area contributed by atoms with Crippen molar-refractivity contribution in [1.29, 1.82) is 5.26 Å². The van der Waals surface area contributed by atoms with E-state index < -0.39 is 0 Å². The normalized spacial score (nSPS) is 11.1. The summed E-state index contributed by atoms with van der Waals surface area (Å²) in [5.74, 6) is 0. The lowest BCUT2D eigenvalue weighted by Gasteiger charge is -2.00. The molecule has 0 fully saturated rings. The van der Waals surface area contributed by atoms with Gasteiger partial charge in [0.2, 0.25) is 0 Å². The maximum atomic E-state index is 9.20. The van der Waals surface area contributed by atoms with Gasteiger partial charge in [-0.3, -0.25) is 0 Å². The van der Waals surface area contributed by atoms with Crippen LogP contribution in [0.5, 0.6) is 0 Å². The Labute approximate surface area is 116 Å². The third-order valence-electron chi connectivity index (χ3n) is 2.44. The van der Waals surface area contributed by atoms with Gasteiger partial charge in [0.25, 0.3) is 0 Å². The SMILES string of the molecule is N#C/C(=C/c1ccc(Cl)cc1)c1cccc(Cl)c1. The van der Waals surface area contributed by atoms with E-state index in [0.29, 0.717) is 15.6 Å². The number of halogens is 2. The monoisotopic (exact) mass is 273 g/mol. The highest BCUT2D eigenvalue weighted by Crippen LogP contribution is 2.21. The Kier molecular flexibility index (Phi) is 4.04. The van der Waals surface area contributed by atoms with Crippen molar-refractivity contribution in [2.24, 2.45) is 0 Å². The van der Waals surface area contributed by atoms with Crippen molar-refractivity contribution in [2.75, 3.05) is 0 Å². The number of hydrogen-bond acceptors (Lipinski definition) is 1. The number of rotatable bonds is 2. The van der Waals surface area contributed by atoms with E-state index in [1.54, 1.807) is 24.3 Å². The Morgan fingerprint density at radius 3 is 2.33 bits per heavy atom. The summed E-state index contributed by atoms with van der Waals surface area (Å²) in [6.45, 7) is 0. The van der Waals surface area contributed by atoms with Gasteiger partial charge in [0, 0.05) is 10.0 Å². The van der Waals surface area contributed by atoms with Crippen LogP contribution in [-0.2, 0) is 0 Å². The lowest BCUT2D eigenvalue weighted by atomic mass is 10.0. The van der Waals surface area contributed by atoms with Crippen molar-refractivity contribution in [2.45, 2.75) is 0 Å². The molecule has 2 aromatic carbocycles. The predicted molar refractivity (Wildman–Crippen MR) is 76.4 cm³/mol. The van der Waals surface area contributed by atoms with E-state index in [2.05, 4.69) is 6.07 Å². The molecule has 0 radical (unpaired) electrons. The summed E-state index contributed by atoms with van der Waals surface area (Å²) in [5.41, 5.74) is 2.30. The van der Waals surface area contributed by atoms with Gasteiger partial charge in [-0.1, -0.05) is 47.5 Å². The molecule has 1 nitrogen and oxygen atoms in total. The van der Waals surface area contributed by atoms with Crippen molar-refractivity contribution in [3.8, 4) is 6.07 Å². The molecule has 0 heterocycles. The van der Waals surface area contributed by atoms with Crippen LogP contribution in [0.15, 0.2) is 48.5 Å². The fraction of sp³-hybridized carbons (Fsp3) is 0. The van der Waals surface area contributed by atoms with Gasteiger partial charge >= 0.3 is 0 Å². The molecule has 0 saturated heterocycles. The Balaban J connectivity index is 2.40. The first kappa shape index (κ1) is 12.7. The molecule has 0 bridgehead atoms. The van der Waals surface area contributed by atoms with E-state index in [1.165, 1.54) is 0 Å². The highest BCUT2D eigenvalue weighted by atomic mass is 35.5. The van der Waals surface area contributed by atoms with Crippen molar-refractivity contribution in [1.82, 2.24) is 0 Å². The van der Waals surface area contributed by atoms with Crippen LogP contribution in [0.25, 0.3) is 11.6 Å². The third kappa shape index (κ3) is 3.13. The van der Waals surface area contributed by atoms with Crippen LogP contribution in [0.3, 0.4) is 0 Å². The molecule has 0 amide bonds. The molecule has 0 atom stereocenters. The molecular formula is C15H9Cl2N.